The van der Waals surface area contributed by atoms with Gasteiger partial charge in [0.25, 0.3) is 0 Å². The molecule has 170 valence electrons. The third kappa shape index (κ3) is 4.11. The smallest absolute Gasteiger partial charge is 0.231 e. The molecule has 0 unspecified atom stereocenters. The Hall–Kier alpha value is -3.23. The number of carbonyl (C=O) groups is 1. The van der Waals surface area contributed by atoms with E-state index in [2.05, 4.69) is 11.9 Å². The maximum absolute atomic E-state index is 13.0. The fourth-order valence-corrected chi connectivity index (χ4v) is 4.15. The summed E-state index contributed by atoms with van der Waals surface area (Å²) in [6, 6.07) is 6.50. The van der Waals surface area contributed by atoms with Crippen LogP contribution in [-0.2, 0) is 6.54 Å². The lowest BCUT2D eigenvalue weighted by molar-refractivity contribution is -0.918. The molecule has 0 aliphatic carbocycles. The van der Waals surface area contributed by atoms with Gasteiger partial charge in [0.2, 0.25) is 11.5 Å². The Morgan fingerprint density at radius 1 is 1.09 bits per heavy atom. The number of nitrogens with zero attached hydrogens (tertiary/aromatic N) is 1. The number of rotatable bonds is 6. The van der Waals surface area contributed by atoms with Gasteiger partial charge < -0.3 is 29.0 Å². The van der Waals surface area contributed by atoms with Crippen molar-refractivity contribution in [2.75, 3.05) is 54.6 Å². The first-order valence-corrected chi connectivity index (χ1v) is 10.5. The molecule has 1 fully saturated rings. The summed E-state index contributed by atoms with van der Waals surface area (Å²) < 4.78 is 22.1. The van der Waals surface area contributed by atoms with Crippen molar-refractivity contribution in [1.29, 1.82) is 0 Å². The molecule has 0 aromatic heterocycles. The molecule has 2 heterocycles. The predicted molar refractivity (Wildman–Crippen MR) is 117 cm³/mol. The van der Waals surface area contributed by atoms with Gasteiger partial charge in [-0.1, -0.05) is 11.8 Å². The van der Waals surface area contributed by atoms with Crippen LogP contribution in [-0.4, -0.2) is 65.2 Å². The Morgan fingerprint density at radius 2 is 1.75 bits per heavy atom. The molecule has 0 radical (unpaired) electrons. The van der Waals surface area contributed by atoms with Crippen LogP contribution in [0, 0.1) is 0 Å². The highest BCUT2D eigenvalue weighted by atomic mass is 16.5. The summed E-state index contributed by atoms with van der Waals surface area (Å²) in [5.41, 5.74) is 1.64. The number of ketones is 1. The van der Waals surface area contributed by atoms with Gasteiger partial charge in [0.15, 0.2) is 17.3 Å². The largest absolute Gasteiger partial charge is 0.872 e. The zero-order valence-corrected chi connectivity index (χ0v) is 18.8. The van der Waals surface area contributed by atoms with Crippen LogP contribution in [0.4, 0.5) is 0 Å². The van der Waals surface area contributed by atoms with Crippen LogP contribution in [0.15, 0.2) is 30.0 Å². The van der Waals surface area contributed by atoms with Gasteiger partial charge >= 0.3 is 0 Å². The van der Waals surface area contributed by atoms with E-state index in [0.29, 0.717) is 46.2 Å². The van der Waals surface area contributed by atoms with Crippen molar-refractivity contribution in [2.45, 2.75) is 6.54 Å². The Bertz CT molecular complexity index is 1030. The average Bonchev–Trinajstić information content (AvgIpc) is 3.11. The monoisotopic (exact) mass is 440 g/mol. The third-order valence-corrected chi connectivity index (χ3v) is 6.00. The molecule has 0 saturated carbocycles. The Kier molecular flexibility index (Phi) is 6.25. The lowest BCUT2D eigenvalue weighted by Gasteiger charge is -2.30. The zero-order chi connectivity index (χ0) is 22.8. The zero-order valence-electron chi connectivity index (χ0n) is 18.8. The normalized spacial score (nSPS) is 17.9. The predicted octanol–water partition coefficient (Wildman–Crippen LogP) is 0.733. The van der Waals surface area contributed by atoms with Crippen molar-refractivity contribution in [1.82, 2.24) is 4.90 Å². The first-order valence-electron chi connectivity index (χ1n) is 10.5. The van der Waals surface area contributed by atoms with Crippen LogP contribution in [0.3, 0.4) is 0 Å². The summed E-state index contributed by atoms with van der Waals surface area (Å²) in [5.74, 6) is 1.61. The molecule has 1 N–H and O–H groups in total. The minimum Gasteiger partial charge on any atom is -0.872 e. The van der Waals surface area contributed by atoms with Crippen molar-refractivity contribution in [3.63, 3.8) is 0 Å². The second-order valence-corrected chi connectivity index (χ2v) is 8.05. The minimum absolute atomic E-state index is 0.1000. The van der Waals surface area contributed by atoms with Crippen molar-refractivity contribution in [2.24, 2.45) is 0 Å². The van der Waals surface area contributed by atoms with E-state index in [-0.39, 0.29) is 17.3 Å². The molecule has 2 aromatic carbocycles. The molecule has 0 spiro atoms. The molecule has 8 heteroatoms. The maximum Gasteiger partial charge on any atom is 0.231 e. The third-order valence-electron chi connectivity index (χ3n) is 6.00. The first kappa shape index (κ1) is 22.0. The van der Waals surface area contributed by atoms with Crippen molar-refractivity contribution >= 4 is 11.9 Å². The molecule has 32 heavy (non-hydrogen) atoms. The van der Waals surface area contributed by atoms with E-state index >= 15 is 0 Å². The summed E-state index contributed by atoms with van der Waals surface area (Å²) in [5, 5.41) is 12.6. The van der Waals surface area contributed by atoms with Gasteiger partial charge in [-0.2, -0.15) is 0 Å². The number of methoxy groups -OCH3 is 3. The minimum atomic E-state index is -0.247. The van der Waals surface area contributed by atoms with E-state index in [9.17, 15) is 9.90 Å². The number of piperazine rings is 1. The number of Topliss-reactive ketones (excluding diaryl/α,β-unsaturated/α-hetero) is 1. The topological polar surface area (TPSA) is 84.7 Å². The van der Waals surface area contributed by atoms with Crippen molar-refractivity contribution < 1.29 is 33.7 Å². The molecule has 0 atom stereocenters. The van der Waals surface area contributed by atoms with E-state index in [1.807, 2.05) is 0 Å². The molecular weight excluding hydrogens is 412 g/mol. The number of fused-ring (bicyclic) bond motifs is 1. The number of likely N-dealkylation sites (N-methyl/N-ethyl adjacent to an activating group) is 1. The van der Waals surface area contributed by atoms with Crippen LogP contribution in [0.5, 0.6) is 28.7 Å². The summed E-state index contributed by atoms with van der Waals surface area (Å²) in [6.07, 6.45) is 1.63. The van der Waals surface area contributed by atoms with Gasteiger partial charge in [-0.25, -0.2) is 0 Å². The SMILES string of the molecule is COc1cc(C=C2Oc3c(ccc([O-])c3C[NH+]3CCN(C)CC3)C2=O)cc(OC)c1OC. The van der Waals surface area contributed by atoms with Gasteiger partial charge in [-0.3, -0.25) is 9.69 Å². The van der Waals surface area contributed by atoms with Gasteiger partial charge in [-0.15, -0.1) is 0 Å². The molecule has 4 rings (SSSR count). The van der Waals surface area contributed by atoms with Crippen molar-refractivity contribution in [3.8, 4) is 28.7 Å². The standard InChI is InChI=1S/C24H28N2O6/c1-25-7-9-26(10-8-25)14-17-18(27)6-5-16-22(28)19(32-23(16)17)11-15-12-20(29-2)24(31-4)21(13-15)30-3/h5-6,11-13,27H,7-10,14H2,1-4H3. The van der Waals surface area contributed by atoms with Gasteiger partial charge in [0.1, 0.15) is 12.3 Å². The van der Waals surface area contributed by atoms with Gasteiger partial charge in [0, 0.05) is 18.7 Å². The summed E-state index contributed by atoms with van der Waals surface area (Å²) in [7, 11) is 6.69. The molecular formula is C24H28N2O6. The number of hydrogen-bond donors (Lipinski definition) is 1. The number of nitrogens with one attached hydrogen (secondary N) is 1. The molecule has 1 saturated heterocycles. The molecule has 0 bridgehead atoms. The van der Waals surface area contributed by atoms with Crippen LogP contribution in [0.2, 0.25) is 0 Å². The molecule has 8 nitrogen and oxygen atoms in total. The molecule has 2 aliphatic heterocycles. The highest BCUT2D eigenvalue weighted by Crippen LogP contribution is 2.41. The molecule has 2 aliphatic rings. The number of carbonyl (C=O) groups excluding carboxylic acids is 1. The lowest BCUT2D eigenvalue weighted by atomic mass is 10.0. The number of quaternary nitrogens is 1. The summed E-state index contributed by atoms with van der Waals surface area (Å²) in [6.45, 7) is 4.39. The number of benzene rings is 2. The van der Waals surface area contributed by atoms with E-state index in [0.717, 1.165) is 26.2 Å². The highest BCUT2D eigenvalue weighted by Gasteiger charge is 2.31. The van der Waals surface area contributed by atoms with E-state index in [4.69, 9.17) is 18.9 Å². The average molecular weight is 440 g/mol. The van der Waals surface area contributed by atoms with Crippen LogP contribution < -0.4 is 29.0 Å². The first-order chi connectivity index (χ1) is 15.4. The molecule has 0 amide bonds. The van der Waals surface area contributed by atoms with Crippen LogP contribution in [0.25, 0.3) is 6.08 Å². The Labute approximate surface area is 187 Å². The van der Waals surface area contributed by atoms with E-state index in [1.54, 1.807) is 24.3 Å². The second kappa shape index (κ2) is 9.10. The number of allylic oxidation sites excluding steroid dienone is 1. The fraction of sp³-hybridized carbons (Fsp3) is 0.375. The molecule has 2 aromatic rings. The van der Waals surface area contributed by atoms with Gasteiger partial charge in [0.05, 0.1) is 40.0 Å². The fourth-order valence-electron chi connectivity index (χ4n) is 4.15. The van der Waals surface area contributed by atoms with Crippen molar-refractivity contribution in [3.05, 3.63) is 46.7 Å². The second-order valence-electron chi connectivity index (χ2n) is 8.05. The van der Waals surface area contributed by atoms with Crippen LogP contribution >= 0.6 is 0 Å². The number of hydrogen-bond acceptors (Lipinski definition) is 7. The lowest BCUT2D eigenvalue weighted by Crippen LogP contribution is -3.13. The van der Waals surface area contributed by atoms with Gasteiger partial charge in [-0.05, 0) is 36.9 Å². The summed E-state index contributed by atoms with van der Waals surface area (Å²) >= 11 is 0. The summed E-state index contributed by atoms with van der Waals surface area (Å²) in [4.78, 5) is 16.6. The Morgan fingerprint density at radius 3 is 2.34 bits per heavy atom. The Balaban J connectivity index is 1.65. The maximum atomic E-state index is 13.0. The van der Waals surface area contributed by atoms with E-state index in [1.165, 1.54) is 32.3 Å². The van der Waals surface area contributed by atoms with Crippen LogP contribution in [0.1, 0.15) is 21.5 Å². The van der Waals surface area contributed by atoms with E-state index < -0.39 is 0 Å². The number of ether oxygens (including phenoxy) is 4. The quantitative estimate of drug-likeness (QED) is 0.663. The highest BCUT2D eigenvalue weighted by molar-refractivity contribution is 6.15.